The molecule has 0 aliphatic carbocycles. The van der Waals surface area contributed by atoms with Gasteiger partial charge in [0, 0.05) is 13.5 Å². The van der Waals surface area contributed by atoms with Gasteiger partial charge in [-0.05, 0) is 12.0 Å². The van der Waals surface area contributed by atoms with E-state index in [-0.39, 0.29) is 6.61 Å². The minimum Gasteiger partial charge on any atom is -0.383 e. The molecule has 0 saturated heterocycles. The first-order valence-electron chi connectivity index (χ1n) is 7.34. The summed E-state index contributed by atoms with van der Waals surface area (Å²) < 4.78 is 44.5. The number of hydrogen-bond acceptors (Lipinski definition) is 2. The molecule has 1 unspecified atom stereocenters. The van der Waals surface area contributed by atoms with Gasteiger partial charge >= 0.3 is 6.18 Å². The summed E-state index contributed by atoms with van der Waals surface area (Å²) in [4.78, 5) is 0. The van der Waals surface area contributed by atoms with Crippen LogP contribution in [0.3, 0.4) is 0 Å². The Kier molecular flexibility index (Phi) is 8.00. The maximum atomic E-state index is 13.1. The van der Waals surface area contributed by atoms with Crippen LogP contribution in [-0.4, -0.2) is 25.9 Å². The van der Waals surface area contributed by atoms with Crippen molar-refractivity contribution >= 4 is 0 Å². The highest BCUT2D eigenvalue weighted by Gasteiger charge is 2.39. The van der Waals surface area contributed by atoms with E-state index in [1.54, 1.807) is 24.3 Å². The molecule has 2 atom stereocenters. The Morgan fingerprint density at radius 1 is 1.23 bits per heavy atom. The van der Waals surface area contributed by atoms with Crippen LogP contribution < -0.4 is 5.32 Å². The van der Waals surface area contributed by atoms with Crippen molar-refractivity contribution in [1.29, 1.82) is 0 Å². The zero-order valence-corrected chi connectivity index (χ0v) is 12.9. The van der Waals surface area contributed by atoms with E-state index in [2.05, 4.69) is 17.2 Å². The molecule has 122 valence electrons. The van der Waals surface area contributed by atoms with Crippen molar-refractivity contribution in [2.75, 3.05) is 13.7 Å². The van der Waals surface area contributed by atoms with Crippen LogP contribution in [0.1, 0.15) is 37.8 Å². The largest absolute Gasteiger partial charge is 0.415 e. The zero-order valence-electron chi connectivity index (χ0n) is 12.9. The summed E-state index contributed by atoms with van der Waals surface area (Å²) >= 11 is 0. The zero-order chi connectivity index (χ0) is 16.4. The fourth-order valence-corrected chi connectivity index (χ4v) is 1.95. The minimum atomic E-state index is -4.42. The minimum absolute atomic E-state index is 0.146. The van der Waals surface area contributed by atoms with Crippen molar-refractivity contribution in [3.05, 3.63) is 35.9 Å². The molecule has 0 saturated carbocycles. The molecule has 0 aliphatic heterocycles. The average Bonchev–Trinajstić information content (AvgIpc) is 2.49. The van der Waals surface area contributed by atoms with Crippen LogP contribution >= 0.6 is 0 Å². The molecule has 0 aromatic heterocycles. The molecule has 1 rings (SSSR count). The van der Waals surface area contributed by atoms with Crippen LogP contribution in [0.4, 0.5) is 13.2 Å². The summed E-state index contributed by atoms with van der Waals surface area (Å²) in [6.45, 7) is 2.12. The van der Waals surface area contributed by atoms with Crippen LogP contribution in [0.2, 0.25) is 0 Å². The lowest BCUT2D eigenvalue weighted by Crippen LogP contribution is -2.44. The fourth-order valence-electron chi connectivity index (χ4n) is 1.95. The van der Waals surface area contributed by atoms with Crippen molar-refractivity contribution in [3.8, 4) is 11.8 Å². The molecule has 1 N–H and O–H groups in total. The summed E-state index contributed by atoms with van der Waals surface area (Å²) in [6.07, 6.45) is -2.22. The van der Waals surface area contributed by atoms with E-state index in [1.165, 1.54) is 7.11 Å². The van der Waals surface area contributed by atoms with Crippen molar-refractivity contribution in [2.45, 2.75) is 44.4 Å². The number of unbranched alkanes of at least 4 members (excludes halogenated alkanes) is 2. The number of hydrogen-bond donors (Lipinski definition) is 1. The third-order valence-corrected chi connectivity index (χ3v) is 3.13. The van der Waals surface area contributed by atoms with Crippen LogP contribution in [0.25, 0.3) is 0 Å². The van der Waals surface area contributed by atoms with Gasteiger partial charge in [-0.25, -0.2) is 0 Å². The third kappa shape index (κ3) is 6.50. The second-order valence-electron chi connectivity index (χ2n) is 4.98. The van der Waals surface area contributed by atoms with Gasteiger partial charge in [0.05, 0.1) is 12.6 Å². The van der Waals surface area contributed by atoms with Crippen molar-refractivity contribution in [2.24, 2.45) is 0 Å². The first-order valence-corrected chi connectivity index (χ1v) is 7.34. The van der Waals surface area contributed by atoms with Crippen molar-refractivity contribution in [3.63, 3.8) is 0 Å². The van der Waals surface area contributed by atoms with Gasteiger partial charge in [0.1, 0.15) is 0 Å². The van der Waals surface area contributed by atoms with E-state index in [1.807, 2.05) is 13.0 Å². The SMILES string of the molecule is CCCCC#CC(N[C@@H](COC)c1ccccc1)C(F)(F)F. The summed E-state index contributed by atoms with van der Waals surface area (Å²) in [6, 6.07) is 6.52. The van der Waals surface area contributed by atoms with Crippen molar-refractivity contribution in [1.82, 2.24) is 5.32 Å². The van der Waals surface area contributed by atoms with Gasteiger partial charge in [-0.15, -0.1) is 5.92 Å². The van der Waals surface area contributed by atoms with E-state index < -0.39 is 18.3 Å². The Bertz CT molecular complexity index is 476. The van der Waals surface area contributed by atoms with Gasteiger partial charge in [0.25, 0.3) is 0 Å². The Morgan fingerprint density at radius 3 is 2.45 bits per heavy atom. The molecule has 22 heavy (non-hydrogen) atoms. The van der Waals surface area contributed by atoms with Gasteiger partial charge < -0.3 is 4.74 Å². The lowest BCUT2D eigenvalue weighted by molar-refractivity contribution is -0.144. The van der Waals surface area contributed by atoms with E-state index in [0.717, 1.165) is 18.4 Å². The number of benzene rings is 1. The fraction of sp³-hybridized carbons (Fsp3) is 0.529. The predicted molar refractivity (Wildman–Crippen MR) is 81.3 cm³/mol. The molecule has 1 aromatic carbocycles. The molecule has 2 nitrogen and oxygen atoms in total. The van der Waals surface area contributed by atoms with Gasteiger partial charge in [-0.2, -0.15) is 13.2 Å². The Hall–Kier alpha value is -1.51. The first kappa shape index (κ1) is 18.5. The smallest absolute Gasteiger partial charge is 0.383 e. The highest BCUT2D eigenvalue weighted by molar-refractivity contribution is 5.21. The summed E-state index contributed by atoms with van der Waals surface area (Å²) in [7, 11) is 1.47. The number of ether oxygens (including phenoxy) is 1. The predicted octanol–water partition coefficient (Wildman–Crippen LogP) is 4.09. The first-order chi connectivity index (χ1) is 10.5. The topological polar surface area (TPSA) is 21.3 Å². The highest BCUT2D eigenvalue weighted by atomic mass is 19.4. The van der Waals surface area contributed by atoms with Crippen LogP contribution in [-0.2, 0) is 4.74 Å². The van der Waals surface area contributed by atoms with Crippen LogP contribution in [0.15, 0.2) is 30.3 Å². The molecule has 0 bridgehead atoms. The van der Waals surface area contributed by atoms with Gasteiger partial charge in [-0.1, -0.05) is 49.6 Å². The number of halogens is 3. The Balaban J connectivity index is 2.86. The van der Waals surface area contributed by atoms with Gasteiger partial charge in [-0.3, -0.25) is 5.32 Å². The normalized spacial score (nSPS) is 14.0. The number of nitrogens with one attached hydrogen (secondary N) is 1. The van der Waals surface area contributed by atoms with E-state index >= 15 is 0 Å². The van der Waals surface area contributed by atoms with Gasteiger partial charge in [0.15, 0.2) is 6.04 Å². The molecule has 1 aromatic rings. The lowest BCUT2D eigenvalue weighted by Gasteiger charge is -2.24. The van der Waals surface area contributed by atoms with Crippen LogP contribution in [0.5, 0.6) is 0 Å². The van der Waals surface area contributed by atoms with E-state index in [0.29, 0.717) is 6.42 Å². The molecule has 0 fully saturated rings. The number of alkyl halides is 3. The van der Waals surface area contributed by atoms with Crippen LogP contribution in [0, 0.1) is 11.8 Å². The maximum Gasteiger partial charge on any atom is 0.415 e. The highest BCUT2D eigenvalue weighted by Crippen LogP contribution is 2.23. The van der Waals surface area contributed by atoms with E-state index in [4.69, 9.17) is 4.74 Å². The van der Waals surface area contributed by atoms with Gasteiger partial charge in [0.2, 0.25) is 0 Å². The maximum absolute atomic E-state index is 13.1. The number of rotatable bonds is 7. The van der Waals surface area contributed by atoms with E-state index in [9.17, 15) is 13.2 Å². The standard InChI is InChI=1S/C17H22F3NO/c1-3-4-5-9-12-16(17(18,19)20)21-15(13-22-2)14-10-7-6-8-11-14/h6-8,10-11,15-16,21H,3-5,13H2,1-2H3/t15-,16?/m0/s1. The molecular weight excluding hydrogens is 291 g/mol. The quantitative estimate of drug-likeness (QED) is 0.605. The second kappa shape index (κ2) is 9.50. The summed E-state index contributed by atoms with van der Waals surface area (Å²) in [5.74, 6) is 4.93. The average molecular weight is 313 g/mol. The third-order valence-electron chi connectivity index (χ3n) is 3.13. The number of methoxy groups -OCH3 is 1. The Labute approximate surface area is 130 Å². The van der Waals surface area contributed by atoms with Crippen molar-refractivity contribution < 1.29 is 17.9 Å². The summed E-state index contributed by atoms with van der Waals surface area (Å²) in [5, 5.41) is 2.56. The molecular formula is C17H22F3NO. The Morgan fingerprint density at radius 2 is 1.91 bits per heavy atom. The molecule has 0 spiro atoms. The second-order valence-corrected chi connectivity index (χ2v) is 4.98. The monoisotopic (exact) mass is 313 g/mol. The molecule has 0 aliphatic rings. The molecule has 5 heteroatoms. The molecule has 0 radical (unpaired) electrons. The molecule has 0 amide bonds. The summed E-state index contributed by atoms with van der Waals surface area (Å²) in [5.41, 5.74) is 0.744. The molecule has 0 heterocycles. The lowest BCUT2D eigenvalue weighted by atomic mass is 10.1.